The van der Waals surface area contributed by atoms with E-state index in [1.165, 1.54) is 25.7 Å². The van der Waals surface area contributed by atoms with Crippen LogP contribution in [0.4, 0.5) is 0 Å². The number of nitrogens with zero attached hydrogens (tertiary/aromatic N) is 2. The molecule has 3 rings (SSSR count). The molecule has 1 aromatic rings. The summed E-state index contributed by atoms with van der Waals surface area (Å²) < 4.78 is 2.89. The topological polar surface area (TPSA) is 37.3 Å². The zero-order chi connectivity index (χ0) is 14.1. The maximum atomic E-state index is 12.8. The molecule has 1 saturated carbocycles. The van der Waals surface area contributed by atoms with Gasteiger partial charge in [-0.15, -0.1) is 0 Å². The van der Waals surface area contributed by atoms with Gasteiger partial charge in [-0.05, 0) is 66.7 Å². The smallest absolute Gasteiger partial charge is 0.270 e. The number of piperidine rings is 1. The summed E-state index contributed by atoms with van der Waals surface area (Å²) in [6.07, 6.45) is 6.66. The van der Waals surface area contributed by atoms with Gasteiger partial charge in [0.15, 0.2) is 0 Å². The Morgan fingerprint density at radius 1 is 1.40 bits per heavy atom. The first-order valence-corrected chi connectivity index (χ1v) is 8.28. The predicted octanol–water partition coefficient (Wildman–Crippen LogP) is 2.39. The van der Waals surface area contributed by atoms with Gasteiger partial charge in [0.05, 0.1) is 0 Å². The fourth-order valence-electron chi connectivity index (χ4n) is 3.01. The van der Waals surface area contributed by atoms with Gasteiger partial charge in [0.1, 0.15) is 5.69 Å². The number of carbonyl (C=O) groups is 1. The van der Waals surface area contributed by atoms with Crippen LogP contribution in [0.2, 0.25) is 0 Å². The summed E-state index contributed by atoms with van der Waals surface area (Å²) >= 11 is 3.45. The first-order valence-electron chi connectivity index (χ1n) is 7.48. The number of rotatable bonds is 4. The van der Waals surface area contributed by atoms with E-state index in [0.29, 0.717) is 12.0 Å². The highest BCUT2D eigenvalue weighted by atomic mass is 79.9. The van der Waals surface area contributed by atoms with E-state index in [1.54, 1.807) is 0 Å². The number of aromatic nitrogens is 1. The molecule has 5 heteroatoms. The maximum Gasteiger partial charge on any atom is 0.270 e. The number of amides is 1. The van der Waals surface area contributed by atoms with Crippen molar-refractivity contribution in [2.24, 2.45) is 13.0 Å². The molecule has 1 aromatic heterocycles. The standard InChI is InChI=1S/C15H22BrN3O/c1-18-10-12(16)8-14(18)15(20)19(13-2-3-13)9-11-4-6-17-7-5-11/h8,10-11,13,17H,2-7,9H2,1H3. The quantitative estimate of drug-likeness (QED) is 0.914. The van der Waals surface area contributed by atoms with Crippen LogP contribution >= 0.6 is 15.9 Å². The van der Waals surface area contributed by atoms with Gasteiger partial charge in [0.2, 0.25) is 0 Å². The summed E-state index contributed by atoms with van der Waals surface area (Å²) in [5.74, 6) is 0.851. The van der Waals surface area contributed by atoms with Crippen LogP contribution in [0.25, 0.3) is 0 Å². The molecule has 0 unspecified atom stereocenters. The van der Waals surface area contributed by atoms with Gasteiger partial charge >= 0.3 is 0 Å². The number of nitrogens with one attached hydrogen (secondary N) is 1. The summed E-state index contributed by atoms with van der Waals surface area (Å²) in [4.78, 5) is 14.9. The van der Waals surface area contributed by atoms with Crippen molar-refractivity contribution in [1.29, 1.82) is 0 Å². The van der Waals surface area contributed by atoms with Gasteiger partial charge in [-0.25, -0.2) is 0 Å². The minimum absolute atomic E-state index is 0.194. The zero-order valence-electron chi connectivity index (χ0n) is 11.9. The fraction of sp³-hybridized carbons (Fsp3) is 0.667. The average molecular weight is 340 g/mol. The van der Waals surface area contributed by atoms with Crippen molar-refractivity contribution in [1.82, 2.24) is 14.8 Å². The Hall–Kier alpha value is -0.810. The molecular formula is C15H22BrN3O. The molecule has 2 fully saturated rings. The van der Waals surface area contributed by atoms with E-state index in [2.05, 4.69) is 26.1 Å². The van der Waals surface area contributed by atoms with E-state index < -0.39 is 0 Å². The summed E-state index contributed by atoms with van der Waals surface area (Å²) in [5, 5.41) is 3.39. The van der Waals surface area contributed by atoms with Crippen molar-refractivity contribution >= 4 is 21.8 Å². The third-order valence-electron chi connectivity index (χ3n) is 4.35. The highest BCUT2D eigenvalue weighted by Crippen LogP contribution is 2.31. The first kappa shape index (κ1) is 14.1. The van der Waals surface area contributed by atoms with Gasteiger partial charge in [-0.1, -0.05) is 0 Å². The Morgan fingerprint density at radius 2 is 2.10 bits per heavy atom. The van der Waals surface area contributed by atoms with E-state index >= 15 is 0 Å². The van der Waals surface area contributed by atoms with Gasteiger partial charge in [-0.2, -0.15) is 0 Å². The first-order chi connectivity index (χ1) is 9.65. The molecule has 0 spiro atoms. The van der Waals surface area contributed by atoms with Crippen LogP contribution in [0.5, 0.6) is 0 Å². The van der Waals surface area contributed by atoms with E-state index in [0.717, 1.165) is 29.8 Å². The van der Waals surface area contributed by atoms with Crippen LogP contribution < -0.4 is 5.32 Å². The largest absolute Gasteiger partial charge is 0.345 e. The number of aryl methyl sites for hydroxylation is 1. The molecule has 0 bridgehead atoms. The molecule has 2 aliphatic rings. The second kappa shape index (κ2) is 5.90. The summed E-state index contributed by atoms with van der Waals surface area (Å²) in [5.41, 5.74) is 0.790. The molecule has 1 saturated heterocycles. The monoisotopic (exact) mass is 339 g/mol. The second-order valence-corrected chi connectivity index (χ2v) is 6.95. The van der Waals surface area contributed by atoms with E-state index in [1.807, 2.05) is 23.9 Å². The lowest BCUT2D eigenvalue weighted by Crippen LogP contribution is -2.41. The van der Waals surface area contributed by atoms with E-state index in [-0.39, 0.29) is 5.91 Å². The lowest BCUT2D eigenvalue weighted by Gasteiger charge is -2.30. The Morgan fingerprint density at radius 3 is 2.65 bits per heavy atom. The molecule has 20 heavy (non-hydrogen) atoms. The molecular weight excluding hydrogens is 318 g/mol. The molecule has 0 atom stereocenters. The van der Waals surface area contributed by atoms with Crippen molar-refractivity contribution in [3.63, 3.8) is 0 Å². The van der Waals surface area contributed by atoms with Crippen molar-refractivity contribution in [2.45, 2.75) is 31.7 Å². The normalized spacial score (nSPS) is 20.1. The Labute approximate surface area is 128 Å². The second-order valence-electron chi connectivity index (χ2n) is 6.04. The highest BCUT2D eigenvalue weighted by Gasteiger charge is 2.35. The van der Waals surface area contributed by atoms with E-state index in [9.17, 15) is 4.79 Å². The minimum atomic E-state index is 0.194. The van der Waals surface area contributed by atoms with Crippen LogP contribution in [0.15, 0.2) is 16.7 Å². The van der Waals surface area contributed by atoms with Crippen molar-refractivity contribution in [2.75, 3.05) is 19.6 Å². The SMILES string of the molecule is Cn1cc(Br)cc1C(=O)N(CC1CCNCC1)C1CC1. The van der Waals surface area contributed by atoms with Crippen LogP contribution in [0.3, 0.4) is 0 Å². The van der Waals surface area contributed by atoms with Gasteiger partial charge in [0, 0.05) is 30.3 Å². The van der Waals surface area contributed by atoms with Gasteiger partial charge < -0.3 is 14.8 Å². The van der Waals surface area contributed by atoms with Crippen molar-refractivity contribution in [3.8, 4) is 0 Å². The minimum Gasteiger partial charge on any atom is -0.345 e. The number of hydrogen-bond acceptors (Lipinski definition) is 2. The van der Waals surface area contributed by atoms with Crippen LogP contribution in [0, 0.1) is 5.92 Å². The number of hydrogen-bond donors (Lipinski definition) is 1. The fourth-order valence-corrected chi connectivity index (χ4v) is 3.53. The molecule has 2 heterocycles. The zero-order valence-corrected chi connectivity index (χ0v) is 13.5. The molecule has 1 amide bonds. The Bertz CT molecular complexity index is 489. The van der Waals surface area contributed by atoms with Crippen LogP contribution in [-0.4, -0.2) is 41.1 Å². The molecule has 0 aromatic carbocycles. The molecule has 1 aliphatic heterocycles. The third kappa shape index (κ3) is 3.09. The summed E-state index contributed by atoms with van der Waals surface area (Å²) in [6, 6.07) is 2.41. The molecule has 1 N–H and O–H groups in total. The molecule has 110 valence electrons. The van der Waals surface area contributed by atoms with Gasteiger partial charge in [0.25, 0.3) is 5.91 Å². The molecule has 4 nitrogen and oxygen atoms in total. The molecule has 1 aliphatic carbocycles. The average Bonchev–Trinajstić information content (AvgIpc) is 3.22. The molecule has 0 radical (unpaired) electrons. The Kier molecular flexibility index (Phi) is 4.17. The summed E-state index contributed by atoms with van der Waals surface area (Å²) in [6.45, 7) is 3.11. The van der Waals surface area contributed by atoms with Crippen LogP contribution in [0.1, 0.15) is 36.2 Å². The third-order valence-corrected chi connectivity index (χ3v) is 4.79. The number of halogens is 1. The van der Waals surface area contributed by atoms with E-state index in [4.69, 9.17) is 0 Å². The van der Waals surface area contributed by atoms with Crippen LogP contribution in [-0.2, 0) is 7.05 Å². The summed E-state index contributed by atoms with van der Waals surface area (Å²) in [7, 11) is 1.94. The lowest BCUT2D eigenvalue weighted by molar-refractivity contribution is 0.0692. The maximum absolute atomic E-state index is 12.8. The van der Waals surface area contributed by atoms with Crippen molar-refractivity contribution < 1.29 is 4.79 Å². The Balaban J connectivity index is 1.72. The number of carbonyl (C=O) groups excluding carboxylic acids is 1. The highest BCUT2D eigenvalue weighted by molar-refractivity contribution is 9.10. The predicted molar refractivity (Wildman–Crippen MR) is 82.8 cm³/mol. The van der Waals surface area contributed by atoms with Gasteiger partial charge in [-0.3, -0.25) is 4.79 Å². The lowest BCUT2D eigenvalue weighted by atomic mass is 9.97. The van der Waals surface area contributed by atoms with Crippen molar-refractivity contribution in [3.05, 3.63) is 22.4 Å².